The minimum Gasteiger partial charge on any atom is -0.423 e. The summed E-state index contributed by atoms with van der Waals surface area (Å²) in [7, 11) is -1.40. The molecule has 0 amide bonds. The van der Waals surface area contributed by atoms with E-state index < -0.39 is 59.5 Å². The average Bonchev–Trinajstić information content (AvgIpc) is 3.44. The number of hydrogen-bond acceptors (Lipinski definition) is 2. The summed E-state index contributed by atoms with van der Waals surface area (Å²) in [6, 6.07) is 53.0. The SMILES string of the molecule is CCCc1ccc(-c2ccc(-c3ccc(F)c(F)c3F)cc2)cc1.CCCc1ccc(-c2ccc(-c3ccc(F)c(F)c3F)cc2)cc1.CCCc1ccc(-c2ccc(B(O)O)cc2)cc1.Fc1ccc(Br)c(F)c1F. The van der Waals surface area contributed by atoms with Crippen LogP contribution in [-0.4, -0.2) is 17.2 Å². The summed E-state index contributed by atoms with van der Waals surface area (Å²) < 4.78 is 117. The van der Waals surface area contributed by atoms with Crippen molar-refractivity contribution in [2.45, 2.75) is 59.3 Å². The van der Waals surface area contributed by atoms with Gasteiger partial charge in [-0.25, -0.2) is 39.5 Å². The third-order valence-corrected chi connectivity index (χ3v) is 12.7. The fourth-order valence-electron chi connectivity index (χ4n) is 7.99. The summed E-state index contributed by atoms with van der Waals surface area (Å²) in [6.45, 7) is 6.46. The predicted octanol–water partition coefficient (Wildman–Crippen LogP) is 17.6. The quantitative estimate of drug-likeness (QED) is 0.0554. The first-order chi connectivity index (χ1) is 36.5. The molecule has 0 spiro atoms. The Morgan fingerprint density at radius 3 is 0.829 bits per heavy atom. The molecule has 0 aromatic heterocycles. The summed E-state index contributed by atoms with van der Waals surface area (Å²) in [5, 5.41) is 18.1. The zero-order valence-electron chi connectivity index (χ0n) is 41.8. The zero-order valence-corrected chi connectivity index (χ0v) is 43.4. The first-order valence-corrected chi connectivity index (χ1v) is 25.3. The maximum atomic E-state index is 13.9. The highest BCUT2D eigenvalue weighted by atomic mass is 79.9. The standard InChI is InChI=1S/2C21H17F3.C15H17BO2.C6H2BrF3/c2*1-2-3-14-4-6-15(7-5-14)16-8-10-17(11-9-16)18-12-13-19(22)21(24)20(18)23;1-2-3-12-4-6-13(7-5-12)14-8-10-15(11-9-14)16(17)18;7-3-1-2-4(8)6(10)5(3)9/h2*4-13H,2-3H2,1H3;4-11,17-18H,2-3H2,1H3;1-2H. The van der Waals surface area contributed by atoms with Gasteiger partial charge in [0.05, 0.1) is 4.47 Å². The number of aryl methyl sites for hydroxylation is 3. The van der Waals surface area contributed by atoms with E-state index in [2.05, 4.69) is 109 Å². The van der Waals surface area contributed by atoms with Gasteiger partial charge in [-0.1, -0.05) is 186 Å². The van der Waals surface area contributed by atoms with Crippen LogP contribution in [0.2, 0.25) is 0 Å². The molecule has 76 heavy (non-hydrogen) atoms. The zero-order chi connectivity index (χ0) is 54.9. The fourth-order valence-corrected chi connectivity index (χ4v) is 8.30. The van der Waals surface area contributed by atoms with Crippen molar-refractivity contribution in [1.82, 2.24) is 0 Å². The van der Waals surface area contributed by atoms with Crippen LogP contribution >= 0.6 is 15.9 Å². The molecule has 390 valence electrons. The molecule has 0 aliphatic carbocycles. The second kappa shape index (κ2) is 28.1. The van der Waals surface area contributed by atoms with E-state index >= 15 is 0 Å². The Kier molecular flexibility index (Phi) is 21.5. The summed E-state index contributed by atoms with van der Waals surface area (Å²) in [5.74, 6) is -11.4. The van der Waals surface area contributed by atoms with E-state index in [1.165, 1.54) is 28.8 Å². The molecular formula is C63H53BBrF9O2. The van der Waals surface area contributed by atoms with Gasteiger partial charge >= 0.3 is 7.12 Å². The maximum absolute atomic E-state index is 13.9. The van der Waals surface area contributed by atoms with Crippen molar-refractivity contribution in [3.63, 3.8) is 0 Å². The van der Waals surface area contributed by atoms with Crippen LogP contribution in [0.15, 0.2) is 186 Å². The van der Waals surface area contributed by atoms with Crippen molar-refractivity contribution in [2.75, 3.05) is 0 Å². The second-order valence-electron chi connectivity index (χ2n) is 17.6. The Bertz CT molecular complexity index is 3110. The van der Waals surface area contributed by atoms with E-state index in [1.807, 2.05) is 36.4 Å². The minimum atomic E-state index is -1.45. The van der Waals surface area contributed by atoms with E-state index in [9.17, 15) is 39.5 Å². The van der Waals surface area contributed by atoms with Crippen molar-refractivity contribution >= 4 is 28.5 Å². The van der Waals surface area contributed by atoms with Gasteiger partial charge in [-0.3, -0.25) is 0 Å². The third kappa shape index (κ3) is 15.5. The topological polar surface area (TPSA) is 40.5 Å². The number of rotatable bonds is 12. The predicted molar refractivity (Wildman–Crippen MR) is 292 cm³/mol. The molecule has 0 aliphatic heterocycles. The summed E-state index contributed by atoms with van der Waals surface area (Å²) >= 11 is 2.70. The summed E-state index contributed by atoms with van der Waals surface area (Å²) in [6.07, 6.45) is 6.57. The molecule has 0 saturated carbocycles. The van der Waals surface area contributed by atoms with Gasteiger partial charge in [0.2, 0.25) is 0 Å². The van der Waals surface area contributed by atoms with Gasteiger partial charge in [0.1, 0.15) is 0 Å². The number of halogens is 10. The number of hydrogen-bond donors (Lipinski definition) is 2. The van der Waals surface area contributed by atoms with Crippen LogP contribution in [0.3, 0.4) is 0 Å². The highest BCUT2D eigenvalue weighted by Crippen LogP contribution is 2.31. The van der Waals surface area contributed by atoms with E-state index in [-0.39, 0.29) is 15.6 Å². The van der Waals surface area contributed by atoms with Crippen LogP contribution in [-0.2, 0) is 19.3 Å². The second-order valence-corrected chi connectivity index (χ2v) is 18.4. The van der Waals surface area contributed by atoms with Gasteiger partial charge in [0, 0.05) is 11.1 Å². The van der Waals surface area contributed by atoms with Crippen molar-refractivity contribution < 1.29 is 49.6 Å². The summed E-state index contributed by atoms with van der Waals surface area (Å²) in [5.41, 5.74) is 11.9. The highest BCUT2D eigenvalue weighted by molar-refractivity contribution is 9.10. The lowest BCUT2D eigenvalue weighted by Gasteiger charge is -2.08. The lowest BCUT2D eigenvalue weighted by atomic mass is 9.80. The van der Waals surface area contributed by atoms with Gasteiger partial charge in [-0.15, -0.1) is 0 Å². The molecular weight excluding hydrogens is 1050 g/mol. The average molecular weight is 1100 g/mol. The van der Waals surface area contributed by atoms with Crippen LogP contribution in [0.25, 0.3) is 55.6 Å². The van der Waals surface area contributed by atoms with Crippen molar-refractivity contribution in [3.8, 4) is 55.6 Å². The largest absolute Gasteiger partial charge is 0.488 e. The Hall–Kier alpha value is -7.19. The van der Waals surface area contributed by atoms with E-state index in [4.69, 9.17) is 10.0 Å². The molecule has 0 radical (unpaired) electrons. The first kappa shape index (κ1) is 58.1. The van der Waals surface area contributed by atoms with Crippen LogP contribution in [0.5, 0.6) is 0 Å². The molecule has 9 aromatic carbocycles. The van der Waals surface area contributed by atoms with Crippen molar-refractivity contribution in [3.05, 3.63) is 256 Å². The smallest absolute Gasteiger partial charge is 0.423 e. The molecule has 0 heterocycles. The Morgan fingerprint density at radius 1 is 0.303 bits per heavy atom. The molecule has 0 fully saturated rings. The van der Waals surface area contributed by atoms with Crippen LogP contribution in [0.1, 0.15) is 56.7 Å². The van der Waals surface area contributed by atoms with E-state index in [0.29, 0.717) is 16.6 Å². The summed E-state index contributed by atoms with van der Waals surface area (Å²) in [4.78, 5) is 0. The van der Waals surface area contributed by atoms with Gasteiger partial charge in [-0.2, -0.15) is 0 Å². The first-order valence-electron chi connectivity index (χ1n) is 24.5. The maximum Gasteiger partial charge on any atom is 0.488 e. The Balaban J connectivity index is 0.000000171. The monoisotopic (exact) mass is 1100 g/mol. The molecule has 0 aliphatic rings. The van der Waals surface area contributed by atoms with Gasteiger partial charge in [0.15, 0.2) is 52.4 Å². The molecule has 2 N–H and O–H groups in total. The van der Waals surface area contributed by atoms with Crippen molar-refractivity contribution in [2.24, 2.45) is 0 Å². The van der Waals surface area contributed by atoms with E-state index in [1.54, 1.807) is 36.4 Å². The highest BCUT2D eigenvalue weighted by Gasteiger charge is 2.17. The molecule has 0 unspecified atom stereocenters. The molecule has 0 atom stereocenters. The molecule has 0 saturated heterocycles. The minimum absolute atomic E-state index is 0.0544. The molecule has 2 nitrogen and oxygen atoms in total. The third-order valence-electron chi connectivity index (χ3n) is 12.1. The lowest BCUT2D eigenvalue weighted by Crippen LogP contribution is -2.29. The number of benzene rings is 9. The van der Waals surface area contributed by atoms with Crippen molar-refractivity contribution in [1.29, 1.82) is 0 Å². The molecule has 9 aromatic rings. The molecule has 0 bridgehead atoms. The van der Waals surface area contributed by atoms with Crippen LogP contribution in [0.4, 0.5) is 39.5 Å². The van der Waals surface area contributed by atoms with Crippen LogP contribution < -0.4 is 5.46 Å². The van der Waals surface area contributed by atoms with E-state index in [0.717, 1.165) is 96.2 Å². The van der Waals surface area contributed by atoms with Gasteiger partial charge in [-0.05, 0) is 138 Å². The lowest BCUT2D eigenvalue weighted by molar-refractivity contribution is 0.426. The molecule has 13 heteroatoms. The molecule has 9 rings (SSSR count). The Labute approximate surface area is 446 Å². The van der Waals surface area contributed by atoms with Gasteiger partial charge in [0.25, 0.3) is 0 Å². The Morgan fingerprint density at radius 2 is 0.553 bits per heavy atom. The fraction of sp³-hybridized carbons (Fsp3) is 0.143. The van der Waals surface area contributed by atoms with Gasteiger partial charge < -0.3 is 10.0 Å². The van der Waals surface area contributed by atoms with Crippen LogP contribution in [0, 0.1) is 52.4 Å². The normalized spacial score (nSPS) is 10.6.